The van der Waals surface area contributed by atoms with Gasteiger partial charge in [0.25, 0.3) is 0 Å². The van der Waals surface area contributed by atoms with Crippen LogP contribution in [0.4, 0.5) is 4.39 Å². The zero-order valence-corrected chi connectivity index (χ0v) is 11.0. The Morgan fingerprint density at radius 3 is 2.89 bits per heavy atom. The van der Waals surface area contributed by atoms with Crippen LogP contribution in [-0.2, 0) is 6.61 Å². The lowest BCUT2D eigenvalue weighted by atomic mass is 10.1. The molecule has 0 aliphatic carbocycles. The highest BCUT2D eigenvalue weighted by atomic mass is 32.1. The molecule has 0 bridgehead atoms. The van der Waals surface area contributed by atoms with Gasteiger partial charge in [-0.05, 0) is 32.0 Å². The summed E-state index contributed by atoms with van der Waals surface area (Å²) in [6.07, 6.45) is 0.991. The van der Waals surface area contributed by atoms with Crippen molar-refractivity contribution in [3.8, 4) is 5.75 Å². The summed E-state index contributed by atoms with van der Waals surface area (Å²) in [5.41, 5.74) is 0.455. The molecule has 0 aliphatic rings. The van der Waals surface area contributed by atoms with E-state index in [1.807, 2.05) is 6.92 Å². The molecule has 1 heterocycles. The largest absolute Gasteiger partial charge is 0.488 e. The molecule has 18 heavy (non-hydrogen) atoms. The number of hydrogen-bond acceptors (Lipinski definition) is 4. The third kappa shape index (κ3) is 3.05. The molecule has 2 aromatic rings. The molecule has 0 saturated heterocycles. The number of aliphatic hydroxyl groups is 1. The Kier molecular flexibility index (Phi) is 3.93. The molecule has 1 aromatic carbocycles. The fourth-order valence-corrected chi connectivity index (χ4v) is 2.31. The van der Waals surface area contributed by atoms with E-state index >= 15 is 0 Å². The smallest absolute Gasteiger partial charge is 0.125 e. The standard InChI is InChI=1S/C13H14FNO2S/c1-8(16)12-5-10(14)3-4-13(12)17-7-11-6-15-9(2)18-11/h3-6,8,16H,7H2,1-2H3/t8-/m0/s1. The summed E-state index contributed by atoms with van der Waals surface area (Å²) in [6, 6.07) is 4.14. The number of halogens is 1. The molecule has 1 atom stereocenters. The summed E-state index contributed by atoms with van der Waals surface area (Å²) in [5, 5.41) is 10.5. The number of aryl methyl sites for hydroxylation is 1. The summed E-state index contributed by atoms with van der Waals surface area (Å²) in [7, 11) is 0. The van der Waals surface area contributed by atoms with E-state index in [0.29, 0.717) is 17.9 Å². The molecular formula is C13H14FNO2S. The van der Waals surface area contributed by atoms with E-state index in [-0.39, 0.29) is 5.82 Å². The van der Waals surface area contributed by atoms with Crippen LogP contribution in [0.25, 0.3) is 0 Å². The highest BCUT2D eigenvalue weighted by Gasteiger charge is 2.11. The third-order valence-corrected chi connectivity index (χ3v) is 3.35. The second-order valence-electron chi connectivity index (χ2n) is 3.99. The normalized spacial score (nSPS) is 12.4. The number of aliphatic hydroxyl groups excluding tert-OH is 1. The van der Waals surface area contributed by atoms with Crippen LogP contribution in [0.3, 0.4) is 0 Å². The molecule has 3 nitrogen and oxygen atoms in total. The SMILES string of the molecule is Cc1ncc(COc2ccc(F)cc2[C@H](C)O)s1. The van der Waals surface area contributed by atoms with Crippen LogP contribution < -0.4 is 4.74 Å². The fourth-order valence-electron chi connectivity index (χ4n) is 1.60. The minimum Gasteiger partial charge on any atom is -0.488 e. The quantitative estimate of drug-likeness (QED) is 0.924. The van der Waals surface area contributed by atoms with Crippen molar-refractivity contribution in [1.82, 2.24) is 4.98 Å². The second-order valence-corrected chi connectivity index (χ2v) is 5.31. The van der Waals surface area contributed by atoms with Crippen LogP contribution in [0.1, 0.15) is 28.5 Å². The first kappa shape index (κ1) is 13.0. The number of rotatable bonds is 4. The molecular weight excluding hydrogens is 253 g/mol. The minimum absolute atomic E-state index is 0.372. The minimum atomic E-state index is -0.765. The van der Waals surface area contributed by atoms with Gasteiger partial charge in [0, 0.05) is 11.8 Å². The number of ether oxygens (including phenoxy) is 1. The fraction of sp³-hybridized carbons (Fsp3) is 0.308. The average Bonchev–Trinajstić information content (AvgIpc) is 2.73. The highest BCUT2D eigenvalue weighted by Crippen LogP contribution is 2.27. The van der Waals surface area contributed by atoms with Gasteiger partial charge in [-0.15, -0.1) is 11.3 Å². The number of aromatic nitrogens is 1. The Balaban J connectivity index is 2.13. The molecule has 0 amide bonds. The maximum atomic E-state index is 13.1. The molecule has 0 radical (unpaired) electrons. The lowest BCUT2D eigenvalue weighted by Gasteiger charge is -2.12. The van der Waals surface area contributed by atoms with Gasteiger partial charge in [-0.1, -0.05) is 0 Å². The van der Waals surface area contributed by atoms with Crippen LogP contribution in [0, 0.1) is 12.7 Å². The van der Waals surface area contributed by atoms with E-state index in [1.165, 1.54) is 18.2 Å². The maximum Gasteiger partial charge on any atom is 0.125 e. The Morgan fingerprint density at radius 1 is 1.50 bits per heavy atom. The predicted octanol–water partition coefficient (Wildman–Crippen LogP) is 3.22. The van der Waals surface area contributed by atoms with Crippen molar-refractivity contribution in [1.29, 1.82) is 0 Å². The van der Waals surface area contributed by atoms with Gasteiger partial charge in [-0.25, -0.2) is 9.37 Å². The van der Waals surface area contributed by atoms with E-state index in [1.54, 1.807) is 24.5 Å². The first-order valence-corrected chi connectivity index (χ1v) is 6.39. The summed E-state index contributed by atoms with van der Waals surface area (Å²) in [4.78, 5) is 5.12. The van der Waals surface area contributed by atoms with Crippen LogP contribution in [0.2, 0.25) is 0 Å². The van der Waals surface area contributed by atoms with Crippen molar-refractivity contribution in [2.45, 2.75) is 26.6 Å². The van der Waals surface area contributed by atoms with Crippen molar-refractivity contribution in [2.24, 2.45) is 0 Å². The van der Waals surface area contributed by atoms with Crippen LogP contribution >= 0.6 is 11.3 Å². The highest BCUT2D eigenvalue weighted by molar-refractivity contribution is 7.11. The second kappa shape index (κ2) is 5.46. The van der Waals surface area contributed by atoms with Gasteiger partial charge in [0.15, 0.2) is 0 Å². The summed E-state index contributed by atoms with van der Waals surface area (Å²) in [6.45, 7) is 3.88. The number of hydrogen-bond donors (Lipinski definition) is 1. The monoisotopic (exact) mass is 267 g/mol. The van der Waals surface area contributed by atoms with Gasteiger partial charge in [0.2, 0.25) is 0 Å². The predicted molar refractivity (Wildman–Crippen MR) is 68.2 cm³/mol. The Bertz CT molecular complexity index is 540. The zero-order valence-electron chi connectivity index (χ0n) is 10.2. The lowest BCUT2D eigenvalue weighted by molar-refractivity contribution is 0.189. The van der Waals surface area contributed by atoms with Gasteiger partial charge in [-0.3, -0.25) is 0 Å². The molecule has 0 unspecified atom stereocenters. The summed E-state index contributed by atoms with van der Waals surface area (Å²) >= 11 is 1.55. The molecule has 1 N–H and O–H groups in total. The molecule has 2 rings (SSSR count). The number of thiazole rings is 1. The number of benzene rings is 1. The summed E-state index contributed by atoms with van der Waals surface area (Å²) < 4.78 is 18.7. The van der Waals surface area contributed by atoms with Crippen molar-refractivity contribution in [3.63, 3.8) is 0 Å². The zero-order chi connectivity index (χ0) is 13.1. The summed E-state index contributed by atoms with van der Waals surface area (Å²) in [5.74, 6) is 0.115. The first-order chi connectivity index (χ1) is 8.56. The topological polar surface area (TPSA) is 42.4 Å². The Labute approximate surface area is 109 Å². The number of nitrogens with zero attached hydrogens (tertiary/aromatic N) is 1. The van der Waals surface area contributed by atoms with E-state index in [0.717, 1.165) is 9.88 Å². The van der Waals surface area contributed by atoms with E-state index < -0.39 is 6.10 Å². The van der Waals surface area contributed by atoms with Gasteiger partial charge in [0.1, 0.15) is 18.2 Å². The first-order valence-electron chi connectivity index (χ1n) is 5.58. The van der Waals surface area contributed by atoms with E-state index in [2.05, 4.69) is 4.98 Å². The molecule has 0 aliphatic heterocycles. The molecule has 5 heteroatoms. The van der Waals surface area contributed by atoms with Gasteiger partial charge in [-0.2, -0.15) is 0 Å². The molecule has 0 saturated carbocycles. The van der Waals surface area contributed by atoms with Crippen molar-refractivity contribution < 1.29 is 14.2 Å². The molecule has 0 spiro atoms. The average molecular weight is 267 g/mol. The Morgan fingerprint density at radius 2 is 2.28 bits per heavy atom. The van der Waals surface area contributed by atoms with Crippen LogP contribution in [0.5, 0.6) is 5.75 Å². The van der Waals surface area contributed by atoms with Crippen molar-refractivity contribution in [2.75, 3.05) is 0 Å². The van der Waals surface area contributed by atoms with Crippen molar-refractivity contribution >= 4 is 11.3 Å². The van der Waals surface area contributed by atoms with Crippen LogP contribution in [-0.4, -0.2) is 10.1 Å². The van der Waals surface area contributed by atoms with Crippen LogP contribution in [0.15, 0.2) is 24.4 Å². The van der Waals surface area contributed by atoms with Gasteiger partial charge < -0.3 is 9.84 Å². The molecule has 1 aromatic heterocycles. The lowest BCUT2D eigenvalue weighted by Crippen LogP contribution is -2.00. The molecule has 96 valence electrons. The van der Waals surface area contributed by atoms with Gasteiger partial charge >= 0.3 is 0 Å². The third-order valence-electron chi connectivity index (χ3n) is 2.46. The van der Waals surface area contributed by atoms with Crippen molar-refractivity contribution in [3.05, 3.63) is 45.7 Å². The maximum absolute atomic E-state index is 13.1. The van der Waals surface area contributed by atoms with E-state index in [4.69, 9.17) is 4.74 Å². The van der Waals surface area contributed by atoms with E-state index in [9.17, 15) is 9.50 Å². The Hall–Kier alpha value is -1.46. The molecule has 0 fully saturated rings. The van der Waals surface area contributed by atoms with Gasteiger partial charge in [0.05, 0.1) is 16.0 Å².